The lowest BCUT2D eigenvalue weighted by molar-refractivity contribution is -0.159. The number of esters is 1. The van der Waals surface area contributed by atoms with E-state index in [9.17, 15) is 24.3 Å². The van der Waals surface area contributed by atoms with Crippen LogP contribution in [-0.2, 0) is 30.3 Å². The summed E-state index contributed by atoms with van der Waals surface area (Å²) in [6.45, 7) is 14.0. The standard InChI is InChI=1S/C34H49N3O7S/c1-10-37(30(40)25(18-19-45-9)36-32(42)44-34(6,7)8)28(24-16-17-27(38)22(2)20-24)29(39)35-26(31(41)43-33(3,4)5)21-23-14-12-11-13-15-23/h11-17,20,25-26,28,38H,10,18-19,21H2,1-9H3,(H,35,39)(H,36,42). The molecule has 10 nitrogen and oxygen atoms in total. The number of carbonyl (C=O) groups is 4. The quantitative estimate of drug-likeness (QED) is 0.250. The Balaban J connectivity index is 2.55. The van der Waals surface area contributed by atoms with E-state index in [4.69, 9.17) is 9.47 Å². The van der Waals surface area contributed by atoms with Gasteiger partial charge >= 0.3 is 12.1 Å². The molecule has 3 N–H and O–H groups in total. The third-order valence-corrected chi connectivity index (χ3v) is 7.25. The van der Waals surface area contributed by atoms with E-state index in [0.717, 1.165) is 5.56 Å². The van der Waals surface area contributed by atoms with Crippen LogP contribution < -0.4 is 10.6 Å². The lowest BCUT2D eigenvalue weighted by Crippen LogP contribution is -2.55. The second kappa shape index (κ2) is 16.5. The first kappa shape index (κ1) is 37.5. The van der Waals surface area contributed by atoms with Crippen LogP contribution in [0.25, 0.3) is 0 Å². The summed E-state index contributed by atoms with van der Waals surface area (Å²) in [5.74, 6) is -1.11. The molecule has 0 radical (unpaired) electrons. The van der Waals surface area contributed by atoms with Crippen LogP contribution in [0, 0.1) is 6.92 Å². The van der Waals surface area contributed by atoms with Gasteiger partial charge in [-0.3, -0.25) is 9.59 Å². The zero-order chi connectivity index (χ0) is 33.9. The number of amides is 3. The van der Waals surface area contributed by atoms with Gasteiger partial charge in [-0.2, -0.15) is 11.8 Å². The number of rotatable bonds is 13. The molecule has 0 aliphatic rings. The van der Waals surface area contributed by atoms with Crippen LogP contribution in [0.3, 0.4) is 0 Å². The van der Waals surface area contributed by atoms with Crippen molar-refractivity contribution in [3.63, 3.8) is 0 Å². The fourth-order valence-corrected chi connectivity index (χ4v) is 5.07. The monoisotopic (exact) mass is 643 g/mol. The smallest absolute Gasteiger partial charge is 0.408 e. The van der Waals surface area contributed by atoms with Gasteiger partial charge in [0, 0.05) is 13.0 Å². The van der Waals surface area contributed by atoms with Crippen LogP contribution in [0.15, 0.2) is 48.5 Å². The van der Waals surface area contributed by atoms with Crippen molar-refractivity contribution in [2.24, 2.45) is 0 Å². The van der Waals surface area contributed by atoms with Crippen molar-refractivity contribution in [1.82, 2.24) is 15.5 Å². The number of nitrogens with zero attached hydrogens (tertiary/aromatic N) is 1. The molecule has 3 amide bonds. The molecule has 11 heteroatoms. The Labute approximate surface area is 271 Å². The first-order chi connectivity index (χ1) is 21.0. The molecule has 45 heavy (non-hydrogen) atoms. The van der Waals surface area contributed by atoms with Gasteiger partial charge in [0.1, 0.15) is 35.1 Å². The van der Waals surface area contributed by atoms with Gasteiger partial charge in [0.25, 0.3) is 0 Å². The maximum absolute atomic E-state index is 14.3. The van der Waals surface area contributed by atoms with Crippen LogP contribution in [0.2, 0.25) is 0 Å². The third-order valence-electron chi connectivity index (χ3n) is 6.61. The summed E-state index contributed by atoms with van der Waals surface area (Å²) >= 11 is 1.52. The predicted octanol–water partition coefficient (Wildman–Crippen LogP) is 5.31. The maximum atomic E-state index is 14.3. The summed E-state index contributed by atoms with van der Waals surface area (Å²) in [5.41, 5.74) is 0.179. The van der Waals surface area contributed by atoms with Crippen LogP contribution in [0.4, 0.5) is 4.79 Å². The number of ether oxygens (including phenoxy) is 2. The average Bonchev–Trinajstić information content (AvgIpc) is 2.93. The molecule has 0 heterocycles. The zero-order valence-electron chi connectivity index (χ0n) is 27.9. The fourth-order valence-electron chi connectivity index (χ4n) is 4.60. The maximum Gasteiger partial charge on any atom is 0.408 e. The summed E-state index contributed by atoms with van der Waals surface area (Å²) in [6, 6.07) is 10.7. The number of hydrogen-bond donors (Lipinski definition) is 3. The largest absolute Gasteiger partial charge is 0.508 e. The highest BCUT2D eigenvalue weighted by molar-refractivity contribution is 7.98. The number of likely N-dealkylation sites (N-methyl/N-ethyl adjacent to an activating group) is 1. The van der Waals surface area contributed by atoms with E-state index in [2.05, 4.69) is 10.6 Å². The van der Waals surface area contributed by atoms with Crippen LogP contribution >= 0.6 is 11.8 Å². The van der Waals surface area contributed by atoms with Gasteiger partial charge < -0.3 is 30.1 Å². The Bertz CT molecular complexity index is 1310. The summed E-state index contributed by atoms with van der Waals surface area (Å²) < 4.78 is 11.1. The van der Waals surface area contributed by atoms with Crippen LogP contribution in [0.1, 0.15) is 77.6 Å². The number of hydrogen-bond acceptors (Lipinski definition) is 8. The lowest BCUT2D eigenvalue weighted by Gasteiger charge is -2.35. The molecule has 0 saturated heterocycles. The molecular weight excluding hydrogens is 594 g/mol. The highest BCUT2D eigenvalue weighted by atomic mass is 32.2. The van der Waals surface area contributed by atoms with E-state index < -0.39 is 53.2 Å². The SMILES string of the molecule is CCN(C(=O)C(CCSC)NC(=O)OC(C)(C)C)C(C(=O)NC(Cc1ccccc1)C(=O)OC(C)(C)C)c1ccc(O)c(C)c1. The van der Waals surface area contributed by atoms with Crippen molar-refractivity contribution in [2.75, 3.05) is 18.6 Å². The van der Waals surface area contributed by atoms with Crippen molar-refractivity contribution >= 4 is 35.6 Å². The van der Waals surface area contributed by atoms with Crippen LogP contribution in [0.5, 0.6) is 5.75 Å². The number of carbonyl (C=O) groups excluding carboxylic acids is 4. The molecule has 248 valence electrons. The van der Waals surface area contributed by atoms with E-state index in [0.29, 0.717) is 23.3 Å². The van der Waals surface area contributed by atoms with Crippen molar-refractivity contribution in [3.05, 3.63) is 65.2 Å². The molecule has 0 fully saturated rings. The third kappa shape index (κ3) is 12.3. The van der Waals surface area contributed by atoms with E-state index in [-0.39, 0.29) is 18.7 Å². The fraction of sp³-hybridized carbons (Fsp3) is 0.529. The van der Waals surface area contributed by atoms with Crippen LogP contribution in [-0.4, -0.2) is 75.7 Å². The second-order valence-corrected chi connectivity index (χ2v) is 13.8. The van der Waals surface area contributed by atoms with Gasteiger partial charge in [-0.15, -0.1) is 0 Å². The van der Waals surface area contributed by atoms with E-state index in [1.807, 2.05) is 36.6 Å². The molecular formula is C34H49N3O7S. The molecule has 2 rings (SSSR count). The van der Waals surface area contributed by atoms with Crippen molar-refractivity contribution in [1.29, 1.82) is 0 Å². The lowest BCUT2D eigenvalue weighted by atomic mass is 9.99. The Hall–Kier alpha value is -3.73. The summed E-state index contributed by atoms with van der Waals surface area (Å²) in [5, 5.41) is 15.8. The second-order valence-electron chi connectivity index (χ2n) is 12.8. The highest BCUT2D eigenvalue weighted by Crippen LogP contribution is 2.28. The van der Waals surface area contributed by atoms with Crippen molar-refractivity contribution in [3.8, 4) is 5.75 Å². The molecule has 0 aliphatic heterocycles. The topological polar surface area (TPSA) is 134 Å². The van der Waals surface area contributed by atoms with E-state index >= 15 is 0 Å². The number of benzene rings is 2. The van der Waals surface area contributed by atoms with E-state index in [1.54, 1.807) is 67.5 Å². The van der Waals surface area contributed by atoms with Crippen molar-refractivity contribution in [2.45, 2.75) is 97.6 Å². The van der Waals surface area contributed by atoms with Gasteiger partial charge in [0.2, 0.25) is 11.8 Å². The molecule has 0 bridgehead atoms. The predicted molar refractivity (Wildman–Crippen MR) is 177 cm³/mol. The Morgan fingerprint density at radius 1 is 0.911 bits per heavy atom. The molecule has 2 aromatic rings. The minimum Gasteiger partial charge on any atom is -0.508 e. The normalized spacial score (nSPS) is 13.6. The molecule has 3 atom stereocenters. The molecule has 0 aromatic heterocycles. The zero-order valence-corrected chi connectivity index (χ0v) is 28.7. The summed E-state index contributed by atoms with van der Waals surface area (Å²) in [4.78, 5) is 55.9. The average molecular weight is 644 g/mol. The van der Waals surface area contributed by atoms with Gasteiger partial charge in [-0.1, -0.05) is 36.4 Å². The van der Waals surface area contributed by atoms with Gasteiger partial charge in [-0.25, -0.2) is 9.59 Å². The van der Waals surface area contributed by atoms with Crippen molar-refractivity contribution < 1.29 is 33.8 Å². The Morgan fingerprint density at radius 2 is 1.53 bits per heavy atom. The summed E-state index contributed by atoms with van der Waals surface area (Å²) in [7, 11) is 0. The number of aryl methyl sites for hydroxylation is 1. The van der Waals surface area contributed by atoms with Gasteiger partial charge in [0.15, 0.2) is 0 Å². The number of alkyl carbamates (subject to hydrolysis) is 1. The van der Waals surface area contributed by atoms with Gasteiger partial charge in [0.05, 0.1) is 0 Å². The molecule has 0 spiro atoms. The highest BCUT2D eigenvalue weighted by Gasteiger charge is 2.37. The molecule has 3 unspecified atom stereocenters. The molecule has 2 aromatic carbocycles. The summed E-state index contributed by atoms with van der Waals surface area (Å²) in [6.07, 6.45) is 1.62. The number of phenols is 1. The van der Waals surface area contributed by atoms with E-state index in [1.165, 1.54) is 22.7 Å². The number of aromatic hydroxyl groups is 1. The molecule has 0 saturated carbocycles. The first-order valence-corrected chi connectivity index (χ1v) is 16.5. The Kier molecular flexibility index (Phi) is 13.8. The van der Waals surface area contributed by atoms with Gasteiger partial charge in [-0.05, 0) is 103 Å². The Morgan fingerprint density at radius 3 is 2.07 bits per heavy atom. The molecule has 0 aliphatic carbocycles. The minimum atomic E-state index is -1.19. The minimum absolute atomic E-state index is 0.0347. The first-order valence-electron chi connectivity index (χ1n) is 15.1. The number of nitrogens with one attached hydrogen (secondary N) is 2. The number of thioether (sulfide) groups is 1. The number of phenolic OH excluding ortho intramolecular Hbond substituents is 1.